The number of aryl methyl sites for hydroxylation is 1. The van der Waals surface area contributed by atoms with Crippen molar-refractivity contribution in [3.63, 3.8) is 0 Å². The number of nitrogens with zero attached hydrogens (tertiary/aromatic N) is 1. The van der Waals surface area contributed by atoms with E-state index in [1.54, 1.807) is 13.0 Å². The molecule has 0 heterocycles. The maximum absolute atomic E-state index is 12.2. The fourth-order valence-electron chi connectivity index (χ4n) is 1.66. The summed E-state index contributed by atoms with van der Waals surface area (Å²) in [5, 5.41) is 8.93. The smallest absolute Gasteiger partial charge is 0.387 e. The minimum absolute atomic E-state index is 0.0156. The van der Waals surface area contributed by atoms with Crippen LogP contribution in [0.1, 0.15) is 23.6 Å². The Bertz CT molecular complexity index is 509. The molecule has 0 unspecified atom stereocenters. The van der Waals surface area contributed by atoms with Crippen molar-refractivity contribution < 1.29 is 23.0 Å². The summed E-state index contributed by atoms with van der Waals surface area (Å²) in [7, 11) is 0. The number of esters is 1. The highest BCUT2D eigenvalue weighted by Gasteiger charge is 2.15. The van der Waals surface area contributed by atoms with Gasteiger partial charge in [0.25, 0.3) is 0 Å². The predicted octanol–water partition coefficient (Wildman–Crippen LogP) is 2.57. The van der Waals surface area contributed by atoms with Gasteiger partial charge in [-0.2, -0.15) is 14.0 Å². The summed E-state index contributed by atoms with van der Waals surface area (Å²) < 4.78 is 33.5. The van der Waals surface area contributed by atoms with Crippen LogP contribution in [-0.2, 0) is 16.0 Å². The summed E-state index contributed by atoms with van der Waals surface area (Å²) in [6, 6.07) is 4.65. The molecule has 0 radical (unpaired) electrons. The molecule has 0 aliphatic rings. The second-order valence-corrected chi connectivity index (χ2v) is 3.76. The number of halogens is 2. The van der Waals surface area contributed by atoms with Crippen LogP contribution in [0, 0.1) is 18.3 Å². The largest absolute Gasteiger partial charge is 0.466 e. The third-order valence-corrected chi connectivity index (χ3v) is 2.32. The summed E-state index contributed by atoms with van der Waals surface area (Å²) in [5.74, 6) is -0.599. The first-order chi connectivity index (χ1) is 8.97. The molecule has 0 aliphatic heterocycles. The molecule has 1 rings (SSSR count). The number of benzene rings is 1. The summed E-state index contributed by atoms with van der Waals surface area (Å²) in [6.45, 7) is 0.480. The quantitative estimate of drug-likeness (QED) is 0.771. The van der Waals surface area contributed by atoms with Crippen molar-refractivity contribution in [2.75, 3.05) is 6.61 Å². The van der Waals surface area contributed by atoms with Gasteiger partial charge >= 0.3 is 12.6 Å². The van der Waals surface area contributed by atoms with E-state index in [0.717, 1.165) is 0 Å². The van der Waals surface area contributed by atoms with Crippen molar-refractivity contribution in [1.29, 1.82) is 5.26 Å². The second kappa shape index (κ2) is 6.69. The molecule has 0 aliphatic carbocycles. The highest BCUT2D eigenvalue weighted by atomic mass is 19.3. The molecule has 0 bridgehead atoms. The van der Waals surface area contributed by atoms with Gasteiger partial charge in [-0.3, -0.25) is 4.79 Å². The second-order valence-electron chi connectivity index (χ2n) is 3.76. The Kier molecular flexibility index (Phi) is 5.24. The van der Waals surface area contributed by atoms with E-state index >= 15 is 0 Å². The normalized spacial score (nSPS) is 10.1. The first-order valence-electron chi connectivity index (χ1n) is 5.62. The molecule has 6 heteroatoms. The van der Waals surface area contributed by atoms with Crippen molar-refractivity contribution >= 4 is 5.97 Å². The molecule has 4 nitrogen and oxygen atoms in total. The molecule has 0 fully saturated rings. The average Bonchev–Trinajstić information content (AvgIpc) is 2.32. The Labute approximate surface area is 109 Å². The van der Waals surface area contributed by atoms with Gasteiger partial charge in [0.2, 0.25) is 0 Å². The maximum atomic E-state index is 12.2. The van der Waals surface area contributed by atoms with Crippen LogP contribution in [0.2, 0.25) is 0 Å². The minimum Gasteiger partial charge on any atom is -0.466 e. The monoisotopic (exact) mass is 269 g/mol. The number of carbonyl (C=O) groups excluding carboxylic acids is 1. The Morgan fingerprint density at radius 1 is 1.47 bits per heavy atom. The fraction of sp³-hybridized carbons (Fsp3) is 0.385. The van der Waals surface area contributed by atoms with E-state index in [1.807, 2.05) is 0 Å². The zero-order chi connectivity index (χ0) is 14.4. The molecular formula is C13H13F2NO3. The number of nitriles is 1. The van der Waals surface area contributed by atoms with Crippen LogP contribution in [0.4, 0.5) is 8.78 Å². The number of ether oxygens (including phenoxy) is 2. The molecule has 102 valence electrons. The Balaban J connectivity index is 3.03. The molecule has 0 atom stereocenters. The SMILES string of the molecule is CCOC(=O)Cc1cc(C)c(OC(F)F)c(C#N)c1. The van der Waals surface area contributed by atoms with E-state index < -0.39 is 12.6 Å². The highest BCUT2D eigenvalue weighted by Crippen LogP contribution is 2.26. The molecular weight excluding hydrogens is 256 g/mol. The third kappa shape index (κ3) is 4.21. The van der Waals surface area contributed by atoms with E-state index in [4.69, 9.17) is 10.00 Å². The van der Waals surface area contributed by atoms with E-state index in [0.29, 0.717) is 11.1 Å². The lowest BCUT2D eigenvalue weighted by Crippen LogP contribution is -2.09. The van der Waals surface area contributed by atoms with Crippen LogP contribution >= 0.6 is 0 Å². The Morgan fingerprint density at radius 3 is 2.68 bits per heavy atom. The molecule has 0 saturated carbocycles. The predicted molar refractivity (Wildman–Crippen MR) is 62.9 cm³/mol. The summed E-state index contributed by atoms with van der Waals surface area (Å²) in [4.78, 5) is 11.3. The van der Waals surface area contributed by atoms with E-state index in [9.17, 15) is 13.6 Å². The van der Waals surface area contributed by atoms with Gasteiger partial charge in [0, 0.05) is 0 Å². The maximum Gasteiger partial charge on any atom is 0.387 e. The zero-order valence-electron chi connectivity index (χ0n) is 10.6. The van der Waals surface area contributed by atoms with Crippen LogP contribution in [0.25, 0.3) is 0 Å². The first kappa shape index (κ1) is 14.9. The van der Waals surface area contributed by atoms with Gasteiger partial charge in [0.15, 0.2) is 0 Å². The van der Waals surface area contributed by atoms with Gasteiger partial charge in [-0.25, -0.2) is 0 Å². The van der Waals surface area contributed by atoms with Crippen molar-refractivity contribution in [2.45, 2.75) is 26.9 Å². The fourth-order valence-corrected chi connectivity index (χ4v) is 1.66. The standard InChI is InChI=1S/C13H13F2NO3/c1-3-18-11(17)6-9-4-8(2)12(19-13(14)15)10(5-9)7-16/h4-5,13H,3,6H2,1-2H3. The van der Waals surface area contributed by atoms with Gasteiger partial charge in [-0.15, -0.1) is 0 Å². The molecule has 0 N–H and O–H groups in total. The Morgan fingerprint density at radius 2 is 2.16 bits per heavy atom. The van der Waals surface area contributed by atoms with Crippen LogP contribution in [0.15, 0.2) is 12.1 Å². The molecule has 19 heavy (non-hydrogen) atoms. The highest BCUT2D eigenvalue weighted by molar-refractivity contribution is 5.73. The van der Waals surface area contributed by atoms with Crippen LogP contribution in [0.5, 0.6) is 5.75 Å². The number of hydrogen-bond acceptors (Lipinski definition) is 4. The molecule has 0 spiro atoms. The number of hydrogen-bond donors (Lipinski definition) is 0. The average molecular weight is 269 g/mol. The van der Waals surface area contributed by atoms with E-state index in [1.165, 1.54) is 19.1 Å². The van der Waals surface area contributed by atoms with Gasteiger partial charge in [-0.05, 0) is 31.0 Å². The lowest BCUT2D eigenvalue weighted by atomic mass is 10.0. The summed E-state index contributed by atoms with van der Waals surface area (Å²) in [5.41, 5.74) is 0.868. The number of alkyl halides is 2. The topological polar surface area (TPSA) is 59.3 Å². The first-order valence-corrected chi connectivity index (χ1v) is 5.62. The van der Waals surface area contributed by atoms with Gasteiger partial charge in [-0.1, -0.05) is 6.07 Å². The van der Waals surface area contributed by atoms with Gasteiger partial charge in [0.1, 0.15) is 11.8 Å². The molecule has 1 aromatic rings. The lowest BCUT2D eigenvalue weighted by Gasteiger charge is -2.11. The minimum atomic E-state index is -3.00. The summed E-state index contributed by atoms with van der Waals surface area (Å²) >= 11 is 0. The third-order valence-electron chi connectivity index (χ3n) is 2.32. The van der Waals surface area contributed by atoms with E-state index in [2.05, 4.69) is 4.74 Å². The van der Waals surface area contributed by atoms with Crippen molar-refractivity contribution in [3.8, 4) is 11.8 Å². The molecule has 1 aromatic carbocycles. The van der Waals surface area contributed by atoms with Crippen LogP contribution in [-0.4, -0.2) is 19.2 Å². The van der Waals surface area contributed by atoms with Crippen molar-refractivity contribution in [1.82, 2.24) is 0 Å². The zero-order valence-corrected chi connectivity index (χ0v) is 10.6. The number of rotatable bonds is 5. The van der Waals surface area contributed by atoms with Gasteiger partial charge < -0.3 is 9.47 Å². The van der Waals surface area contributed by atoms with Gasteiger partial charge in [0.05, 0.1) is 18.6 Å². The Hall–Kier alpha value is -2.16. The van der Waals surface area contributed by atoms with Crippen LogP contribution < -0.4 is 4.74 Å². The van der Waals surface area contributed by atoms with Crippen LogP contribution in [0.3, 0.4) is 0 Å². The van der Waals surface area contributed by atoms with Crippen molar-refractivity contribution in [2.24, 2.45) is 0 Å². The van der Waals surface area contributed by atoms with E-state index in [-0.39, 0.29) is 24.3 Å². The number of carbonyl (C=O) groups is 1. The molecule has 0 saturated heterocycles. The lowest BCUT2D eigenvalue weighted by molar-refractivity contribution is -0.142. The molecule has 0 amide bonds. The van der Waals surface area contributed by atoms with Crippen molar-refractivity contribution in [3.05, 3.63) is 28.8 Å². The summed E-state index contributed by atoms with van der Waals surface area (Å²) in [6.07, 6.45) is -0.0156. The molecule has 0 aromatic heterocycles.